The summed E-state index contributed by atoms with van der Waals surface area (Å²) in [7, 11) is 0. The molecule has 9 nitrogen and oxygen atoms in total. The summed E-state index contributed by atoms with van der Waals surface area (Å²) in [4.78, 5) is 50.3. The van der Waals surface area contributed by atoms with E-state index in [9.17, 15) is 19.2 Å². The first-order valence-electron chi connectivity index (χ1n) is 9.48. The van der Waals surface area contributed by atoms with Gasteiger partial charge in [0.1, 0.15) is 18.1 Å². The second kappa shape index (κ2) is 11.3. The van der Waals surface area contributed by atoms with Crippen molar-refractivity contribution in [3.05, 3.63) is 0 Å². The lowest BCUT2D eigenvalue weighted by molar-refractivity contribution is -0.143. The minimum absolute atomic E-state index is 0.0468. The zero-order valence-corrected chi connectivity index (χ0v) is 17.8. The van der Waals surface area contributed by atoms with Gasteiger partial charge in [-0.15, -0.1) is 0 Å². The van der Waals surface area contributed by atoms with E-state index in [1.165, 1.54) is 23.6 Å². The molecule has 1 fully saturated rings. The minimum Gasteiger partial charge on any atom is -0.480 e. The van der Waals surface area contributed by atoms with Crippen molar-refractivity contribution in [1.82, 2.24) is 15.5 Å². The third kappa shape index (κ3) is 6.66. The first-order valence-corrected chi connectivity index (χ1v) is 10.9. The summed E-state index contributed by atoms with van der Waals surface area (Å²) in [5.74, 6) is -1.81. The number of nitrogens with two attached hydrogens (primary N) is 1. The zero-order valence-electron chi connectivity index (χ0n) is 16.9. The average molecular weight is 417 g/mol. The quantitative estimate of drug-likeness (QED) is 0.386. The predicted molar refractivity (Wildman–Crippen MR) is 108 cm³/mol. The Kier molecular flexibility index (Phi) is 9.74. The fraction of sp³-hybridized carbons (Fsp3) is 0.778. The molecule has 1 saturated heterocycles. The molecule has 0 radical (unpaired) electrons. The highest BCUT2D eigenvalue weighted by Gasteiger charge is 2.38. The van der Waals surface area contributed by atoms with Gasteiger partial charge in [0.05, 0.1) is 6.04 Å². The van der Waals surface area contributed by atoms with Crippen LogP contribution in [-0.2, 0) is 19.2 Å². The van der Waals surface area contributed by atoms with E-state index >= 15 is 0 Å². The van der Waals surface area contributed by atoms with Crippen molar-refractivity contribution < 1.29 is 24.3 Å². The highest BCUT2D eigenvalue weighted by molar-refractivity contribution is 7.98. The monoisotopic (exact) mass is 416 g/mol. The summed E-state index contributed by atoms with van der Waals surface area (Å²) < 4.78 is 0. The molecule has 160 valence electrons. The number of hydrogen-bond acceptors (Lipinski definition) is 6. The number of thioether (sulfide) groups is 1. The molecule has 1 aliphatic heterocycles. The van der Waals surface area contributed by atoms with E-state index in [0.717, 1.165) is 0 Å². The Labute approximate surface area is 170 Å². The van der Waals surface area contributed by atoms with Crippen LogP contribution >= 0.6 is 11.8 Å². The molecule has 1 rings (SSSR count). The summed E-state index contributed by atoms with van der Waals surface area (Å²) >= 11 is 1.52. The molecule has 0 spiro atoms. The molecule has 1 aliphatic rings. The number of nitrogens with zero attached hydrogens (tertiary/aromatic N) is 1. The first-order chi connectivity index (χ1) is 13.1. The van der Waals surface area contributed by atoms with Crippen LogP contribution in [-0.4, -0.2) is 76.4 Å². The van der Waals surface area contributed by atoms with Crippen molar-refractivity contribution in [2.24, 2.45) is 11.7 Å². The van der Waals surface area contributed by atoms with E-state index in [2.05, 4.69) is 10.6 Å². The Hall–Kier alpha value is -1.81. The second-order valence-corrected chi connectivity index (χ2v) is 8.36. The van der Waals surface area contributed by atoms with Crippen molar-refractivity contribution in [3.8, 4) is 0 Å². The lowest BCUT2D eigenvalue weighted by atomic mass is 10.0. The van der Waals surface area contributed by atoms with Gasteiger partial charge in [-0.3, -0.25) is 19.2 Å². The molecule has 4 unspecified atom stereocenters. The Morgan fingerprint density at radius 3 is 2.39 bits per heavy atom. The van der Waals surface area contributed by atoms with E-state index in [1.807, 2.05) is 20.1 Å². The lowest BCUT2D eigenvalue weighted by Gasteiger charge is -2.29. The minimum atomic E-state index is -1.15. The summed E-state index contributed by atoms with van der Waals surface area (Å²) in [5, 5.41) is 14.1. The van der Waals surface area contributed by atoms with E-state index in [1.54, 1.807) is 0 Å². The van der Waals surface area contributed by atoms with Gasteiger partial charge in [-0.1, -0.05) is 13.8 Å². The molecular formula is C18H32N4O5S. The molecule has 10 heteroatoms. The Balaban J connectivity index is 2.83. The first kappa shape index (κ1) is 24.2. The third-order valence-corrected chi connectivity index (χ3v) is 5.46. The van der Waals surface area contributed by atoms with Gasteiger partial charge in [-0.25, -0.2) is 0 Å². The highest BCUT2D eigenvalue weighted by Crippen LogP contribution is 2.20. The third-order valence-electron chi connectivity index (χ3n) is 4.81. The number of carboxylic acid groups (broad SMARTS) is 1. The maximum atomic E-state index is 12.8. The van der Waals surface area contributed by atoms with Crippen molar-refractivity contribution in [1.29, 1.82) is 0 Å². The average Bonchev–Trinajstić information content (AvgIpc) is 3.13. The molecule has 0 aromatic heterocycles. The molecule has 0 bridgehead atoms. The van der Waals surface area contributed by atoms with E-state index in [4.69, 9.17) is 10.8 Å². The smallest absolute Gasteiger partial charge is 0.325 e. The number of rotatable bonds is 10. The van der Waals surface area contributed by atoms with Crippen molar-refractivity contribution >= 4 is 35.5 Å². The van der Waals surface area contributed by atoms with E-state index < -0.39 is 42.0 Å². The second-order valence-electron chi connectivity index (χ2n) is 7.37. The molecule has 0 saturated carbocycles. The standard InChI is InChI=1S/C18H32N4O5S/c1-10(2)14(19)17(25)22-8-5-6-13(22)16(24)21-12(7-9-28-4)15(23)20-11(3)18(26)27/h10-14H,5-9,19H2,1-4H3,(H,20,23)(H,21,24)(H,26,27). The number of nitrogens with one attached hydrogen (secondary N) is 2. The van der Waals surface area contributed by atoms with Crippen molar-refractivity contribution in [2.75, 3.05) is 18.6 Å². The van der Waals surface area contributed by atoms with Crippen LogP contribution in [0.5, 0.6) is 0 Å². The molecule has 0 aliphatic carbocycles. The fourth-order valence-corrected chi connectivity index (χ4v) is 3.40. The predicted octanol–water partition coefficient (Wildman–Crippen LogP) is -0.212. The van der Waals surface area contributed by atoms with Crippen LogP contribution < -0.4 is 16.4 Å². The van der Waals surface area contributed by atoms with Crippen LogP contribution in [0.4, 0.5) is 0 Å². The molecule has 1 heterocycles. The van der Waals surface area contributed by atoms with E-state index in [0.29, 0.717) is 31.6 Å². The van der Waals surface area contributed by atoms with Crippen LogP contribution in [0.15, 0.2) is 0 Å². The van der Waals surface area contributed by atoms with Gasteiger partial charge < -0.3 is 26.4 Å². The summed E-state index contributed by atoms with van der Waals surface area (Å²) in [6.45, 7) is 5.51. The number of aliphatic carboxylic acids is 1. The normalized spacial score (nSPS) is 19.8. The number of carbonyl (C=O) groups is 4. The van der Waals surface area contributed by atoms with E-state index in [-0.39, 0.29) is 11.8 Å². The zero-order chi connectivity index (χ0) is 21.4. The van der Waals surface area contributed by atoms with Crippen molar-refractivity contribution in [2.45, 2.75) is 64.2 Å². The van der Waals surface area contributed by atoms with Crippen LogP contribution in [0.1, 0.15) is 40.0 Å². The van der Waals surface area contributed by atoms with Gasteiger partial charge >= 0.3 is 5.97 Å². The SMILES string of the molecule is CSCCC(NC(=O)C1CCCN1C(=O)C(N)C(C)C)C(=O)NC(C)C(=O)O. The lowest BCUT2D eigenvalue weighted by Crippen LogP contribution is -2.57. The van der Waals surface area contributed by atoms with Crippen LogP contribution in [0.3, 0.4) is 0 Å². The Morgan fingerprint density at radius 2 is 1.86 bits per heavy atom. The maximum Gasteiger partial charge on any atom is 0.325 e. The number of likely N-dealkylation sites (tertiary alicyclic amines) is 1. The maximum absolute atomic E-state index is 12.8. The number of carboxylic acids is 1. The Bertz CT molecular complexity index is 586. The van der Waals surface area contributed by atoms with Gasteiger partial charge in [0, 0.05) is 6.54 Å². The number of hydrogen-bond donors (Lipinski definition) is 4. The molecule has 0 aromatic carbocycles. The molecule has 0 aromatic rings. The van der Waals surface area contributed by atoms with Crippen molar-refractivity contribution in [3.63, 3.8) is 0 Å². The summed E-state index contributed by atoms with van der Waals surface area (Å²) in [5.41, 5.74) is 5.96. The van der Waals surface area contributed by atoms with Gasteiger partial charge in [0.25, 0.3) is 0 Å². The molecule has 3 amide bonds. The largest absolute Gasteiger partial charge is 0.480 e. The number of carbonyl (C=O) groups excluding carboxylic acids is 3. The van der Waals surface area contributed by atoms with Gasteiger partial charge in [0.15, 0.2) is 0 Å². The number of amides is 3. The topological polar surface area (TPSA) is 142 Å². The van der Waals surface area contributed by atoms with Crippen LogP contribution in [0.2, 0.25) is 0 Å². The molecular weight excluding hydrogens is 384 g/mol. The Morgan fingerprint density at radius 1 is 1.21 bits per heavy atom. The molecule has 5 N–H and O–H groups in total. The van der Waals surface area contributed by atoms with Gasteiger partial charge in [-0.05, 0) is 44.1 Å². The summed E-state index contributed by atoms with van der Waals surface area (Å²) in [6, 6.07) is -3.27. The highest BCUT2D eigenvalue weighted by atomic mass is 32.2. The van der Waals surface area contributed by atoms with Gasteiger partial charge in [-0.2, -0.15) is 11.8 Å². The van der Waals surface area contributed by atoms with Crippen LogP contribution in [0.25, 0.3) is 0 Å². The van der Waals surface area contributed by atoms with Crippen LogP contribution in [0, 0.1) is 5.92 Å². The fourth-order valence-electron chi connectivity index (χ4n) is 2.93. The van der Waals surface area contributed by atoms with Gasteiger partial charge in [0.2, 0.25) is 17.7 Å². The molecule has 4 atom stereocenters. The molecule has 28 heavy (non-hydrogen) atoms. The summed E-state index contributed by atoms with van der Waals surface area (Å²) in [6.07, 6.45) is 3.43.